The molecule has 0 aliphatic carbocycles. The summed E-state index contributed by atoms with van der Waals surface area (Å²) in [6, 6.07) is 13.9. The van der Waals surface area contributed by atoms with E-state index in [1.165, 1.54) is 6.21 Å². The highest BCUT2D eigenvalue weighted by Crippen LogP contribution is 2.33. The van der Waals surface area contributed by atoms with E-state index >= 15 is 0 Å². The van der Waals surface area contributed by atoms with E-state index in [0.29, 0.717) is 21.1 Å². The van der Waals surface area contributed by atoms with Crippen LogP contribution in [-0.2, 0) is 4.79 Å². The second-order valence-corrected chi connectivity index (χ2v) is 6.85. The van der Waals surface area contributed by atoms with Crippen molar-refractivity contribution < 1.29 is 14.7 Å². The van der Waals surface area contributed by atoms with Crippen LogP contribution in [0.1, 0.15) is 11.1 Å². The van der Waals surface area contributed by atoms with Gasteiger partial charge in [0.1, 0.15) is 5.75 Å². The molecule has 1 saturated heterocycles. The number of amides is 2. The van der Waals surface area contributed by atoms with E-state index in [1.54, 1.807) is 48.5 Å². The number of para-hydroxylation sites is 1. The van der Waals surface area contributed by atoms with Gasteiger partial charge in [0.25, 0.3) is 11.1 Å². The molecule has 1 aliphatic heterocycles. The molecule has 0 saturated carbocycles. The van der Waals surface area contributed by atoms with E-state index < -0.39 is 0 Å². The van der Waals surface area contributed by atoms with Gasteiger partial charge in [-0.25, -0.2) is 0 Å². The summed E-state index contributed by atoms with van der Waals surface area (Å²) in [6.07, 6.45) is 3.15. The smallest absolute Gasteiger partial charge is 0.293 e. The number of hydrogen-bond donors (Lipinski definition) is 1. The number of rotatable bonds is 5. The van der Waals surface area contributed by atoms with Crippen LogP contribution in [0.25, 0.3) is 6.08 Å². The summed E-state index contributed by atoms with van der Waals surface area (Å²) in [5.41, 5.74) is 1.28. The minimum Gasteiger partial charge on any atom is -0.507 e. The predicted octanol–water partition coefficient (Wildman–Crippen LogP) is 4.20. The normalized spacial score (nSPS) is 16.2. The van der Waals surface area contributed by atoms with E-state index in [0.717, 1.165) is 16.7 Å². The summed E-state index contributed by atoms with van der Waals surface area (Å²) < 4.78 is 0. The lowest BCUT2D eigenvalue weighted by Gasteiger charge is -2.10. The Morgan fingerprint density at radius 3 is 2.50 bits per heavy atom. The molecule has 1 heterocycles. The number of carbonyl (C=O) groups excluding carboxylic acids is 2. The number of aromatic hydroxyl groups is 1. The van der Waals surface area contributed by atoms with Crippen LogP contribution in [0, 0.1) is 0 Å². The number of thioether (sulfide) groups is 1. The van der Waals surface area contributed by atoms with Crippen LogP contribution in [0.5, 0.6) is 5.75 Å². The zero-order chi connectivity index (χ0) is 18.5. The van der Waals surface area contributed by atoms with Crippen molar-refractivity contribution in [3.63, 3.8) is 0 Å². The van der Waals surface area contributed by atoms with E-state index in [1.807, 2.05) is 6.07 Å². The van der Waals surface area contributed by atoms with Gasteiger partial charge in [0.05, 0.1) is 11.4 Å². The van der Waals surface area contributed by atoms with Gasteiger partial charge in [-0.15, -0.1) is 0 Å². The molecule has 3 rings (SSSR count). The van der Waals surface area contributed by atoms with E-state index in [2.05, 4.69) is 4.99 Å². The number of halogens is 1. The highest BCUT2D eigenvalue weighted by atomic mass is 35.5. The molecule has 7 heteroatoms. The number of carbonyl (C=O) groups is 2. The van der Waals surface area contributed by atoms with Crippen LogP contribution >= 0.6 is 23.4 Å². The highest BCUT2D eigenvalue weighted by Gasteiger charge is 2.34. The first-order valence-corrected chi connectivity index (χ1v) is 9.03. The summed E-state index contributed by atoms with van der Waals surface area (Å²) >= 11 is 6.98. The first kappa shape index (κ1) is 18.2. The SMILES string of the molecule is O=C1S/C(=C\c2ccccc2Cl)C(=O)N1CCN=Cc1ccccc1O. The second kappa shape index (κ2) is 8.21. The molecule has 0 aromatic heterocycles. The Hall–Kier alpha value is -2.57. The molecular formula is C19H15ClN2O3S. The van der Waals surface area contributed by atoms with Crippen LogP contribution in [0.4, 0.5) is 4.79 Å². The van der Waals surface area contributed by atoms with Gasteiger partial charge >= 0.3 is 0 Å². The van der Waals surface area contributed by atoms with Gasteiger partial charge in [-0.2, -0.15) is 0 Å². The van der Waals surface area contributed by atoms with Crippen LogP contribution in [0.15, 0.2) is 58.4 Å². The van der Waals surface area contributed by atoms with Crippen LogP contribution < -0.4 is 0 Å². The van der Waals surface area contributed by atoms with Crippen LogP contribution in [0.3, 0.4) is 0 Å². The molecule has 2 aromatic rings. The van der Waals surface area contributed by atoms with Crippen molar-refractivity contribution in [1.82, 2.24) is 4.90 Å². The molecule has 0 unspecified atom stereocenters. The number of imide groups is 1. The molecule has 2 amide bonds. The van der Waals surface area contributed by atoms with E-state index in [4.69, 9.17) is 11.6 Å². The molecule has 0 bridgehead atoms. The van der Waals surface area contributed by atoms with Gasteiger partial charge in [-0.1, -0.05) is 41.9 Å². The third-order valence-electron chi connectivity index (χ3n) is 3.69. The molecule has 1 N–H and O–H groups in total. The van der Waals surface area contributed by atoms with Crippen molar-refractivity contribution in [2.24, 2.45) is 4.99 Å². The molecule has 0 atom stereocenters. The fourth-order valence-corrected chi connectivity index (χ4v) is 3.39. The van der Waals surface area contributed by atoms with Crippen molar-refractivity contribution >= 4 is 46.8 Å². The summed E-state index contributed by atoms with van der Waals surface area (Å²) in [7, 11) is 0. The Bertz CT molecular complexity index is 911. The molecular weight excluding hydrogens is 372 g/mol. The van der Waals surface area contributed by atoms with E-state index in [9.17, 15) is 14.7 Å². The van der Waals surface area contributed by atoms with Crippen molar-refractivity contribution in [2.45, 2.75) is 0 Å². The van der Waals surface area contributed by atoms with Crippen molar-refractivity contribution in [2.75, 3.05) is 13.1 Å². The lowest BCUT2D eigenvalue weighted by Crippen LogP contribution is -2.30. The average molecular weight is 387 g/mol. The van der Waals surface area contributed by atoms with Gasteiger partial charge in [-0.05, 0) is 41.6 Å². The Morgan fingerprint density at radius 1 is 1.08 bits per heavy atom. The zero-order valence-corrected chi connectivity index (χ0v) is 15.2. The monoisotopic (exact) mass is 386 g/mol. The van der Waals surface area contributed by atoms with Gasteiger partial charge in [0.15, 0.2) is 0 Å². The number of nitrogens with zero attached hydrogens (tertiary/aromatic N) is 2. The van der Waals surface area contributed by atoms with Crippen molar-refractivity contribution in [3.8, 4) is 5.75 Å². The molecule has 2 aromatic carbocycles. The molecule has 1 aliphatic rings. The fourth-order valence-electron chi connectivity index (χ4n) is 2.34. The largest absolute Gasteiger partial charge is 0.507 e. The topological polar surface area (TPSA) is 70.0 Å². The molecule has 1 fully saturated rings. The summed E-state index contributed by atoms with van der Waals surface area (Å²) in [5, 5.41) is 9.86. The maximum absolute atomic E-state index is 12.4. The highest BCUT2D eigenvalue weighted by molar-refractivity contribution is 8.18. The Morgan fingerprint density at radius 2 is 1.77 bits per heavy atom. The molecule has 0 radical (unpaired) electrons. The summed E-state index contributed by atoms with van der Waals surface area (Å²) in [6.45, 7) is 0.431. The lowest BCUT2D eigenvalue weighted by molar-refractivity contribution is -0.122. The fraction of sp³-hybridized carbons (Fsp3) is 0.105. The minimum absolute atomic E-state index is 0.130. The minimum atomic E-state index is -0.349. The Balaban J connectivity index is 1.64. The first-order chi connectivity index (χ1) is 12.6. The summed E-state index contributed by atoms with van der Waals surface area (Å²) in [5.74, 6) is -0.220. The van der Waals surface area contributed by atoms with Crippen molar-refractivity contribution in [1.29, 1.82) is 0 Å². The van der Waals surface area contributed by atoms with Crippen molar-refractivity contribution in [3.05, 3.63) is 69.6 Å². The average Bonchev–Trinajstić information content (AvgIpc) is 2.89. The van der Waals surface area contributed by atoms with Crippen LogP contribution in [-0.4, -0.2) is 40.5 Å². The molecule has 5 nitrogen and oxygen atoms in total. The maximum Gasteiger partial charge on any atom is 0.293 e. The maximum atomic E-state index is 12.4. The van der Waals surface area contributed by atoms with Crippen LogP contribution in [0.2, 0.25) is 5.02 Å². The zero-order valence-electron chi connectivity index (χ0n) is 13.6. The molecule has 26 heavy (non-hydrogen) atoms. The molecule has 132 valence electrons. The predicted molar refractivity (Wildman–Crippen MR) is 105 cm³/mol. The van der Waals surface area contributed by atoms with Gasteiger partial charge in [0, 0.05) is 23.3 Å². The Kier molecular flexibility index (Phi) is 5.75. The quantitative estimate of drug-likeness (QED) is 0.617. The third-order valence-corrected chi connectivity index (χ3v) is 4.94. The number of aliphatic imine (C=N–C) groups is 1. The van der Waals surface area contributed by atoms with E-state index in [-0.39, 0.29) is 30.0 Å². The third kappa shape index (κ3) is 4.15. The standard InChI is InChI=1S/C19H15ClN2O3S/c20-15-7-3-1-5-13(15)11-17-18(24)22(19(25)26-17)10-9-21-12-14-6-2-4-8-16(14)23/h1-8,11-12,23H,9-10H2/b17-11-,21-12?. The number of phenols is 1. The molecule has 0 spiro atoms. The Labute approximate surface area is 160 Å². The van der Waals surface area contributed by atoms with Gasteiger partial charge in [-0.3, -0.25) is 19.5 Å². The number of benzene rings is 2. The second-order valence-electron chi connectivity index (χ2n) is 5.45. The number of hydrogen-bond acceptors (Lipinski definition) is 5. The number of phenolic OH excluding ortho intramolecular Hbond substituents is 1. The lowest BCUT2D eigenvalue weighted by atomic mass is 10.2. The van der Waals surface area contributed by atoms with Gasteiger partial charge in [0.2, 0.25) is 0 Å². The van der Waals surface area contributed by atoms with Gasteiger partial charge < -0.3 is 5.11 Å². The first-order valence-electron chi connectivity index (χ1n) is 7.84. The summed E-state index contributed by atoms with van der Waals surface area (Å²) in [4.78, 5) is 30.2.